The van der Waals surface area contributed by atoms with Gasteiger partial charge in [0.1, 0.15) is 5.52 Å². The second-order valence-corrected chi connectivity index (χ2v) is 3.73. The minimum absolute atomic E-state index is 0.238. The molecule has 1 heterocycles. The van der Waals surface area contributed by atoms with Crippen molar-refractivity contribution in [1.29, 1.82) is 0 Å². The number of hydrogen-bond donors (Lipinski definition) is 1. The second-order valence-electron chi connectivity index (χ2n) is 3.73. The molecule has 2 rings (SSSR count). The molecule has 0 fully saturated rings. The van der Waals surface area contributed by atoms with Crippen molar-refractivity contribution in [3.8, 4) is 0 Å². The molecule has 1 aromatic heterocycles. The average Bonchev–Trinajstić information content (AvgIpc) is 2.71. The van der Waals surface area contributed by atoms with Gasteiger partial charge in [-0.3, -0.25) is 4.79 Å². The molecule has 88 valence electrons. The Hall–Kier alpha value is -2.10. The fourth-order valence-corrected chi connectivity index (χ4v) is 1.56. The predicted molar refractivity (Wildman–Crippen MR) is 66.8 cm³/mol. The summed E-state index contributed by atoms with van der Waals surface area (Å²) in [7, 11) is 0. The largest absolute Gasteiger partial charge is 0.441 e. The molecule has 0 aliphatic heterocycles. The molecule has 17 heavy (non-hydrogen) atoms. The molecule has 0 saturated carbocycles. The van der Waals surface area contributed by atoms with Gasteiger partial charge in [0.25, 0.3) is 0 Å². The van der Waals surface area contributed by atoms with Crippen molar-refractivity contribution >= 4 is 22.7 Å². The summed E-state index contributed by atoms with van der Waals surface area (Å²) in [5.41, 5.74) is 2.18. The fraction of sp³-hybridized carbons (Fsp3) is 0.231. The quantitative estimate of drug-likeness (QED) is 0.821. The number of aromatic nitrogens is 1. The van der Waals surface area contributed by atoms with E-state index in [-0.39, 0.29) is 5.91 Å². The third-order valence-corrected chi connectivity index (χ3v) is 2.35. The van der Waals surface area contributed by atoms with Gasteiger partial charge in [0, 0.05) is 18.2 Å². The Morgan fingerprint density at radius 2 is 2.41 bits per heavy atom. The van der Waals surface area contributed by atoms with Crippen molar-refractivity contribution in [3.63, 3.8) is 0 Å². The van der Waals surface area contributed by atoms with Gasteiger partial charge in [0.05, 0.1) is 0 Å². The molecule has 4 heteroatoms. The van der Waals surface area contributed by atoms with Crippen LogP contribution in [0, 0.1) is 0 Å². The van der Waals surface area contributed by atoms with E-state index in [1.54, 1.807) is 12.1 Å². The molecule has 1 N–H and O–H groups in total. The van der Waals surface area contributed by atoms with Gasteiger partial charge in [-0.2, -0.15) is 0 Å². The van der Waals surface area contributed by atoms with E-state index in [1.807, 2.05) is 6.07 Å². The summed E-state index contributed by atoms with van der Waals surface area (Å²) < 4.78 is 5.58. The maximum Gasteiger partial charge on any atom is 0.247 e. The number of benzene rings is 1. The van der Waals surface area contributed by atoms with Crippen LogP contribution in [0.2, 0.25) is 0 Å². The lowest BCUT2D eigenvalue weighted by atomic mass is 10.3. The van der Waals surface area contributed by atoms with Crippen LogP contribution in [0.1, 0.15) is 19.2 Å². The molecular weight excluding hydrogens is 216 g/mol. The normalized spacial score (nSPS) is 10.4. The number of nitrogens with one attached hydrogen (secondary N) is 1. The van der Waals surface area contributed by atoms with Gasteiger partial charge >= 0.3 is 0 Å². The number of oxazole rings is 1. The van der Waals surface area contributed by atoms with Gasteiger partial charge in [-0.05, 0) is 24.6 Å². The highest BCUT2D eigenvalue weighted by Gasteiger charge is 2.06. The summed E-state index contributed by atoms with van der Waals surface area (Å²) in [5, 5.41) is 2.68. The monoisotopic (exact) mass is 230 g/mol. The van der Waals surface area contributed by atoms with Gasteiger partial charge < -0.3 is 9.73 Å². The van der Waals surface area contributed by atoms with Crippen molar-refractivity contribution in [1.82, 2.24) is 4.98 Å². The van der Waals surface area contributed by atoms with Gasteiger partial charge in [0.15, 0.2) is 11.5 Å². The van der Waals surface area contributed by atoms with E-state index in [0.717, 1.165) is 24.2 Å². The lowest BCUT2D eigenvalue weighted by Crippen LogP contribution is -2.06. The molecular formula is C13H14N2O2. The lowest BCUT2D eigenvalue weighted by molar-refractivity contribution is -0.111. The van der Waals surface area contributed by atoms with Crippen LogP contribution in [0.5, 0.6) is 0 Å². The fourth-order valence-electron chi connectivity index (χ4n) is 1.56. The number of carbonyl (C=O) groups is 1. The van der Waals surface area contributed by atoms with Crippen molar-refractivity contribution in [3.05, 3.63) is 36.7 Å². The smallest absolute Gasteiger partial charge is 0.247 e. The summed E-state index contributed by atoms with van der Waals surface area (Å²) >= 11 is 0. The number of fused-ring (bicyclic) bond motifs is 1. The van der Waals surface area contributed by atoms with E-state index in [2.05, 4.69) is 23.8 Å². The zero-order valence-corrected chi connectivity index (χ0v) is 9.69. The van der Waals surface area contributed by atoms with E-state index in [0.29, 0.717) is 11.3 Å². The summed E-state index contributed by atoms with van der Waals surface area (Å²) in [5.74, 6) is 0.493. The highest BCUT2D eigenvalue weighted by molar-refractivity contribution is 5.99. The van der Waals surface area contributed by atoms with Gasteiger partial charge in [-0.15, -0.1) is 0 Å². The van der Waals surface area contributed by atoms with Gasteiger partial charge in [-0.1, -0.05) is 13.5 Å². The molecule has 0 radical (unpaired) electrons. The molecule has 0 aliphatic carbocycles. The molecule has 1 aromatic carbocycles. The number of carbonyl (C=O) groups excluding carboxylic acids is 1. The van der Waals surface area contributed by atoms with Crippen molar-refractivity contribution < 1.29 is 9.21 Å². The first-order valence-corrected chi connectivity index (χ1v) is 5.56. The molecule has 0 atom stereocenters. The molecule has 0 unspecified atom stereocenters. The van der Waals surface area contributed by atoms with Crippen LogP contribution in [0.3, 0.4) is 0 Å². The summed E-state index contributed by atoms with van der Waals surface area (Å²) in [6, 6.07) is 5.39. The number of hydrogen-bond acceptors (Lipinski definition) is 3. The van der Waals surface area contributed by atoms with Crippen LogP contribution in [0.4, 0.5) is 5.69 Å². The van der Waals surface area contributed by atoms with Crippen molar-refractivity contribution in [2.24, 2.45) is 0 Å². The van der Waals surface area contributed by atoms with Crippen molar-refractivity contribution in [2.75, 3.05) is 5.32 Å². The van der Waals surface area contributed by atoms with Gasteiger partial charge in [0.2, 0.25) is 5.91 Å². The van der Waals surface area contributed by atoms with E-state index in [1.165, 1.54) is 6.08 Å². The molecule has 2 aromatic rings. The Balaban J connectivity index is 2.29. The van der Waals surface area contributed by atoms with Crippen LogP contribution in [-0.2, 0) is 11.2 Å². The molecule has 0 aliphatic rings. The standard InChI is InChI=1S/C13H14N2O2/c1-3-5-13-15-10-7-6-9(8-11(10)17-13)14-12(16)4-2/h4,6-8H,2-3,5H2,1H3,(H,14,16). The SMILES string of the molecule is C=CC(=O)Nc1ccc2nc(CCC)oc2c1. The Kier molecular flexibility index (Phi) is 3.23. The average molecular weight is 230 g/mol. The Morgan fingerprint density at radius 1 is 1.59 bits per heavy atom. The van der Waals surface area contributed by atoms with Gasteiger partial charge in [-0.25, -0.2) is 4.98 Å². The van der Waals surface area contributed by atoms with Crippen LogP contribution < -0.4 is 5.32 Å². The van der Waals surface area contributed by atoms with E-state index in [4.69, 9.17) is 4.42 Å². The highest BCUT2D eigenvalue weighted by Crippen LogP contribution is 2.20. The van der Waals surface area contributed by atoms with Crippen LogP contribution in [0.25, 0.3) is 11.1 Å². The number of amides is 1. The third kappa shape index (κ3) is 2.53. The third-order valence-electron chi connectivity index (χ3n) is 2.35. The summed E-state index contributed by atoms with van der Waals surface area (Å²) in [6.45, 7) is 5.47. The first kappa shape index (κ1) is 11.4. The lowest BCUT2D eigenvalue weighted by Gasteiger charge is -2.00. The minimum Gasteiger partial charge on any atom is -0.441 e. The highest BCUT2D eigenvalue weighted by atomic mass is 16.3. The second kappa shape index (κ2) is 4.82. The maximum atomic E-state index is 11.1. The first-order valence-electron chi connectivity index (χ1n) is 5.56. The predicted octanol–water partition coefficient (Wildman–Crippen LogP) is 2.90. The number of anilines is 1. The molecule has 0 saturated heterocycles. The summed E-state index contributed by atoms with van der Waals surface area (Å²) in [4.78, 5) is 15.5. The number of aryl methyl sites for hydroxylation is 1. The minimum atomic E-state index is -0.238. The molecule has 0 bridgehead atoms. The van der Waals surface area contributed by atoms with Crippen LogP contribution in [0.15, 0.2) is 35.3 Å². The number of nitrogens with zero attached hydrogens (tertiary/aromatic N) is 1. The topological polar surface area (TPSA) is 55.1 Å². The Labute approximate surface area is 99.3 Å². The molecule has 1 amide bonds. The summed E-state index contributed by atoms with van der Waals surface area (Å²) in [6.07, 6.45) is 3.04. The van der Waals surface area contributed by atoms with E-state index < -0.39 is 0 Å². The Bertz CT molecular complexity index is 558. The zero-order valence-electron chi connectivity index (χ0n) is 9.69. The van der Waals surface area contributed by atoms with Crippen molar-refractivity contribution in [2.45, 2.75) is 19.8 Å². The van der Waals surface area contributed by atoms with Crippen LogP contribution >= 0.6 is 0 Å². The van der Waals surface area contributed by atoms with Crippen LogP contribution in [-0.4, -0.2) is 10.9 Å². The van der Waals surface area contributed by atoms with E-state index in [9.17, 15) is 4.79 Å². The number of rotatable bonds is 4. The van der Waals surface area contributed by atoms with E-state index >= 15 is 0 Å². The molecule has 0 spiro atoms. The zero-order chi connectivity index (χ0) is 12.3. The molecule has 4 nitrogen and oxygen atoms in total. The first-order chi connectivity index (χ1) is 8.22. The Morgan fingerprint density at radius 3 is 3.12 bits per heavy atom. The maximum absolute atomic E-state index is 11.1.